The van der Waals surface area contributed by atoms with E-state index in [2.05, 4.69) is 12.2 Å². The molecule has 0 aliphatic carbocycles. The molecule has 9 heavy (non-hydrogen) atoms. The third kappa shape index (κ3) is 2.33. The number of hydrogen-bond donors (Lipinski definition) is 1. The van der Waals surface area contributed by atoms with Crippen molar-refractivity contribution in [1.29, 1.82) is 0 Å². The molecule has 1 aliphatic heterocycles. The molecule has 0 amide bonds. The smallest absolute Gasteiger partial charge is 0.0620 e. The molecule has 0 aromatic carbocycles. The summed E-state index contributed by atoms with van der Waals surface area (Å²) >= 11 is 0. The second-order valence-corrected chi connectivity index (χ2v) is 2.51. The SMILES string of the molecule is CCCC1COCCN1. The van der Waals surface area contributed by atoms with Gasteiger partial charge < -0.3 is 10.1 Å². The molecule has 1 aliphatic rings. The van der Waals surface area contributed by atoms with Gasteiger partial charge in [-0.25, -0.2) is 0 Å². The second kappa shape index (κ2) is 3.85. The highest BCUT2D eigenvalue weighted by atomic mass is 16.5. The predicted molar refractivity (Wildman–Crippen MR) is 37.5 cm³/mol. The zero-order valence-corrected chi connectivity index (χ0v) is 6.02. The fourth-order valence-corrected chi connectivity index (χ4v) is 1.15. The summed E-state index contributed by atoms with van der Waals surface area (Å²) in [6, 6.07) is 0.628. The summed E-state index contributed by atoms with van der Waals surface area (Å²) in [7, 11) is 0. The van der Waals surface area contributed by atoms with Gasteiger partial charge >= 0.3 is 0 Å². The van der Waals surface area contributed by atoms with E-state index in [0.29, 0.717) is 6.04 Å². The van der Waals surface area contributed by atoms with Gasteiger partial charge in [-0.05, 0) is 6.42 Å². The van der Waals surface area contributed by atoms with E-state index >= 15 is 0 Å². The van der Waals surface area contributed by atoms with E-state index in [1.807, 2.05) is 0 Å². The molecule has 1 heterocycles. The van der Waals surface area contributed by atoms with Crippen molar-refractivity contribution in [2.45, 2.75) is 25.8 Å². The Hall–Kier alpha value is -0.0800. The van der Waals surface area contributed by atoms with Crippen molar-refractivity contribution >= 4 is 0 Å². The topological polar surface area (TPSA) is 21.3 Å². The Kier molecular flexibility index (Phi) is 3.01. The highest BCUT2D eigenvalue weighted by molar-refractivity contribution is 4.68. The number of hydrogen-bond acceptors (Lipinski definition) is 2. The van der Waals surface area contributed by atoms with Gasteiger partial charge in [-0.3, -0.25) is 0 Å². The molecular weight excluding hydrogens is 114 g/mol. The molecule has 1 N–H and O–H groups in total. The van der Waals surface area contributed by atoms with E-state index in [-0.39, 0.29) is 0 Å². The van der Waals surface area contributed by atoms with Crippen molar-refractivity contribution in [2.75, 3.05) is 19.8 Å². The Bertz CT molecular complexity index is 66.6. The first-order chi connectivity index (χ1) is 4.43. The Labute approximate surface area is 56.6 Å². The van der Waals surface area contributed by atoms with Crippen LogP contribution in [0.1, 0.15) is 19.8 Å². The normalized spacial score (nSPS) is 28.3. The maximum Gasteiger partial charge on any atom is 0.0620 e. The molecule has 0 radical (unpaired) electrons. The fourth-order valence-electron chi connectivity index (χ4n) is 1.15. The summed E-state index contributed by atoms with van der Waals surface area (Å²) < 4.78 is 5.27. The van der Waals surface area contributed by atoms with Crippen LogP contribution in [0.25, 0.3) is 0 Å². The Morgan fingerprint density at radius 2 is 2.56 bits per heavy atom. The van der Waals surface area contributed by atoms with Crippen LogP contribution in [0.3, 0.4) is 0 Å². The van der Waals surface area contributed by atoms with E-state index in [9.17, 15) is 0 Å². The first-order valence-electron chi connectivity index (χ1n) is 3.74. The lowest BCUT2D eigenvalue weighted by Crippen LogP contribution is -2.40. The highest BCUT2D eigenvalue weighted by Gasteiger charge is 2.10. The molecule has 0 aromatic heterocycles. The second-order valence-electron chi connectivity index (χ2n) is 2.51. The minimum atomic E-state index is 0.628. The van der Waals surface area contributed by atoms with E-state index in [4.69, 9.17) is 4.74 Å². The van der Waals surface area contributed by atoms with E-state index in [1.165, 1.54) is 12.8 Å². The lowest BCUT2D eigenvalue weighted by molar-refractivity contribution is 0.0740. The van der Waals surface area contributed by atoms with Crippen molar-refractivity contribution in [3.8, 4) is 0 Å². The van der Waals surface area contributed by atoms with E-state index < -0.39 is 0 Å². The van der Waals surface area contributed by atoms with Crippen LogP contribution in [0.15, 0.2) is 0 Å². The molecule has 2 nitrogen and oxygen atoms in total. The standard InChI is InChI=1S/C7H15NO/c1-2-3-7-6-9-5-4-8-7/h7-8H,2-6H2,1H3. The van der Waals surface area contributed by atoms with Gasteiger partial charge in [0.25, 0.3) is 0 Å². The van der Waals surface area contributed by atoms with E-state index in [0.717, 1.165) is 19.8 Å². The van der Waals surface area contributed by atoms with Crippen LogP contribution in [0.2, 0.25) is 0 Å². The van der Waals surface area contributed by atoms with Gasteiger partial charge in [0.05, 0.1) is 13.2 Å². The van der Waals surface area contributed by atoms with Gasteiger partial charge in [-0.15, -0.1) is 0 Å². The van der Waals surface area contributed by atoms with Crippen LogP contribution in [-0.2, 0) is 4.74 Å². The molecular formula is C7H15NO. The monoisotopic (exact) mass is 129 g/mol. The zero-order valence-electron chi connectivity index (χ0n) is 6.02. The average Bonchev–Trinajstić information content (AvgIpc) is 1.91. The van der Waals surface area contributed by atoms with Crippen molar-refractivity contribution in [3.63, 3.8) is 0 Å². The van der Waals surface area contributed by atoms with Crippen LogP contribution in [0.4, 0.5) is 0 Å². The van der Waals surface area contributed by atoms with Gasteiger partial charge in [0.2, 0.25) is 0 Å². The average molecular weight is 129 g/mol. The summed E-state index contributed by atoms with van der Waals surface area (Å²) in [5.74, 6) is 0. The Morgan fingerprint density at radius 3 is 3.11 bits per heavy atom. The van der Waals surface area contributed by atoms with E-state index in [1.54, 1.807) is 0 Å². The highest BCUT2D eigenvalue weighted by Crippen LogP contribution is 1.99. The number of nitrogens with one attached hydrogen (secondary N) is 1. The summed E-state index contributed by atoms with van der Waals surface area (Å²) in [6.45, 7) is 5.04. The van der Waals surface area contributed by atoms with Crippen LogP contribution >= 0.6 is 0 Å². The molecule has 0 aromatic rings. The first kappa shape index (κ1) is 7.03. The summed E-state index contributed by atoms with van der Waals surface area (Å²) in [4.78, 5) is 0. The van der Waals surface area contributed by atoms with Gasteiger partial charge in [0.15, 0.2) is 0 Å². The quantitative estimate of drug-likeness (QED) is 0.594. The number of rotatable bonds is 2. The summed E-state index contributed by atoms with van der Waals surface area (Å²) in [5.41, 5.74) is 0. The minimum absolute atomic E-state index is 0.628. The molecule has 1 saturated heterocycles. The lowest BCUT2D eigenvalue weighted by Gasteiger charge is -2.22. The lowest BCUT2D eigenvalue weighted by atomic mass is 10.2. The van der Waals surface area contributed by atoms with Crippen molar-refractivity contribution in [3.05, 3.63) is 0 Å². The van der Waals surface area contributed by atoms with Crippen molar-refractivity contribution < 1.29 is 4.74 Å². The maximum atomic E-state index is 5.27. The minimum Gasteiger partial charge on any atom is -0.379 e. The molecule has 1 rings (SSSR count). The first-order valence-corrected chi connectivity index (χ1v) is 3.74. The third-order valence-electron chi connectivity index (χ3n) is 1.64. The largest absolute Gasteiger partial charge is 0.379 e. The third-order valence-corrected chi connectivity index (χ3v) is 1.64. The molecule has 1 atom stereocenters. The van der Waals surface area contributed by atoms with Crippen LogP contribution in [-0.4, -0.2) is 25.8 Å². The van der Waals surface area contributed by atoms with Crippen molar-refractivity contribution in [1.82, 2.24) is 5.32 Å². The van der Waals surface area contributed by atoms with Crippen LogP contribution in [0.5, 0.6) is 0 Å². The Morgan fingerprint density at radius 1 is 1.67 bits per heavy atom. The zero-order chi connectivity index (χ0) is 6.53. The molecule has 0 saturated carbocycles. The molecule has 0 bridgehead atoms. The maximum absolute atomic E-state index is 5.27. The molecule has 2 heteroatoms. The van der Waals surface area contributed by atoms with Gasteiger partial charge in [0, 0.05) is 12.6 Å². The van der Waals surface area contributed by atoms with Gasteiger partial charge in [-0.1, -0.05) is 13.3 Å². The van der Waals surface area contributed by atoms with Gasteiger partial charge in [-0.2, -0.15) is 0 Å². The van der Waals surface area contributed by atoms with Gasteiger partial charge in [0.1, 0.15) is 0 Å². The van der Waals surface area contributed by atoms with Crippen molar-refractivity contribution in [2.24, 2.45) is 0 Å². The van der Waals surface area contributed by atoms with Crippen LogP contribution < -0.4 is 5.32 Å². The predicted octanol–water partition coefficient (Wildman–Crippen LogP) is 0.775. The molecule has 1 unspecified atom stereocenters. The Balaban J connectivity index is 2.08. The van der Waals surface area contributed by atoms with Crippen LogP contribution in [0, 0.1) is 0 Å². The number of morpholine rings is 1. The molecule has 54 valence electrons. The summed E-state index contributed by atoms with van der Waals surface area (Å²) in [5, 5.41) is 3.40. The summed E-state index contributed by atoms with van der Waals surface area (Å²) in [6.07, 6.45) is 2.50. The number of ether oxygens (including phenoxy) is 1. The fraction of sp³-hybridized carbons (Fsp3) is 1.00. The molecule has 1 fully saturated rings. The molecule has 0 spiro atoms.